The molecule has 2 amide bonds. The van der Waals surface area contributed by atoms with Crippen LogP contribution in [0.1, 0.15) is 51.0 Å². The lowest BCUT2D eigenvalue weighted by Crippen LogP contribution is -2.48. The summed E-state index contributed by atoms with van der Waals surface area (Å²) in [6, 6.07) is 2.53. The molecule has 0 spiro atoms. The first-order valence-electron chi connectivity index (χ1n) is 10.2. The molecule has 29 heavy (non-hydrogen) atoms. The molecule has 1 aromatic carbocycles. The highest BCUT2D eigenvalue weighted by Gasteiger charge is 2.41. The molecule has 0 radical (unpaired) electrons. The van der Waals surface area contributed by atoms with Gasteiger partial charge in [0.2, 0.25) is 15.9 Å². The maximum absolute atomic E-state index is 13.4. The molecule has 158 valence electrons. The summed E-state index contributed by atoms with van der Waals surface area (Å²) in [4.78, 5) is 24.7. The predicted molar refractivity (Wildman–Crippen MR) is 107 cm³/mol. The molecule has 2 fully saturated rings. The van der Waals surface area contributed by atoms with Gasteiger partial charge >= 0.3 is 0 Å². The quantitative estimate of drug-likeness (QED) is 0.773. The second-order valence-corrected chi connectivity index (χ2v) is 9.99. The van der Waals surface area contributed by atoms with Crippen LogP contribution in [0.5, 0.6) is 5.75 Å². The zero-order chi connectivity index (χ0) is 20.8. The second kappa shape index (κ2) is 7.60. The fourth-order valence-corrected chi connectivity index (χ4v) is 6.28. The van der Waals surface area contributed by atoms with Crippen LogP contribution in [0.3, 0.4) is 0 Å². The van der Waals surface area contributed by atoms with Crippen molar-refractivity contribution in [3.8, 4) is 5.75 Å². The van der Waals surface area contributed by atoms with Crippen LogP contribution in [0, 0.1) is 6.92 Å². The highest BCUT2D eigenvalue weighted by atomic mass is 32.2. The normalized spacial score (nSPS) is 25.4. The van der Waals surface area contributed by atoms with Crippen molar-refractivity contribution in [3.05, 3.63) is 17.7 Å². The zero-order valence-electron chi connectivity index (χ0n) is 16.7. The van der Waals surface area contributed by atoms with Gasteiger partial charge in [-0.15, -0.1) is 0 Å². The number of carbonyl (C=O) groups is 2. The first kappa shape index (κ1) is 20.2. The van der Waals surface area contributed by atoms with Crippen LogP contribution < -0.4 is 15.4 Å². The number of nitrogens with one attached hydrogen (secondary N) is 2. The highest BCUT2D eigenvalue weighted by Crippen LogP contribution is 2.37. The maximum atomic E-state index is 13.4. The maximum Gasteiger partial charge on any atom is 0.265 e. The first-order chi connectivity index (χ1) is 13.8. The van der Waals surface area contributed by atoms with E-state index in [1.165, 1.54) is 10.4 Å². The molecule has 3 aliphatic rings. The number of amides is 2. The van der Waals surface area contributed by atoms with Gasteiger partial charge in [-0.1, -0.05) is 12.8 Å². The first-order valence-corrected chi connectivity index (χ1v) is 11.7. The molecule has 1 aliphatic carbocycles. The van der Waals surface area contributed by atoms with Crippen molar-refractivity contribution >= 4 is 27.5 Å². The van der Waals surface area contributed by atoms with E-state index in [0.29, 0.717) is 36.4 Å². The van der Waals surface area contributed by atoms with E-state index >= 15 is 0 Å². The largest absolute Gasteiger partial charge is 0.479 e. The van der Waals surface area contributed by atoms with Gasteiger partial charge in [0.05, 0.1) is 10.6 Å². The molecule has 2 atom stereocenters. The Hall–Kier alpha value is -2.13. The minimum atomic E-state index is -3.88. The van der Waals surface area contributed by atoms with Crippen LogP contribution >= 0.6 is 0 Å². The summed E-state index contributed by atoms with van der Waals surface area (Å²) in [5, 5.41) is 5.76. The van der Waals surface area contributed by atoms with Crippen molar-refractivity contribution < 1.29 is 22.7 Å². The van der Waals surface area contributed by atoms with Crippen molar-refractivity contribution in [3.63, 3.8) is 0 Å². The molecule has 1 aromatic rings. The van der Waals surface area contributed by atoms with Crippen molar-refractivity contribution in [1.82, 2.24) is 9.62 Å². The Bertz CT molecular complexity index is 940. The number of nitrogens with zero attached hydrogens (tertiary/aromatic N) is 1. The molecular weight excluding hydrogens is 394 g/mol. The Morgan fingerprint density at radius 1 is 1.21 bits per heavy atom. The minimum Gasteiger partial charge on any atom is -0.479 e. The molecule has 9 heteroatoms. The molecule has 2 N–H and O–H groups in total. The van der Waals surface area contributed by atoms with Crippen LogP contribution in [0.2, 0.25) is 0 Å². The third-order valence-electron chi connectivity index (χ3n) is 6.00. The number of aryl methyl sites for hydroxylation is 1. The topological polar surface area (TPSA) is 105 Å². The standard InChI is InChI=1S/C20H27N3O5S/c1-12-10-15-17(28-13(2)19(24)22-15)11-18(12)29(26,27)23-9-5-8-16(23)20(25)21-14-6-3-4-7-14/h10-11,13-14,16H,3-9H2,1-2H3,(H,21,25)(H,22,24)/t13-,16-/m0/s1. The molecule has 0 aromatic heterocycles. The summed E-state index contributed by atoms with van der Waals surface area (Å²) >= 11 is 0. The van der Waals surface area contributed by atoms with Crippen LogP contribution in [-0.2, 0) is 19.6 Å². The number of hydrogen-bond donors (Lipinski definition) is 2. The summed E-state index contributed by atoms with van der Waals surface area (Å²) < 4.78 is 33.8. The fourth-order valence-electron chi connectivity index (χ4n) is 4.40. The van der Waals surface area contributed by atoms with E-state index in [9.17, 15) is 18.0 Å². The number of fused-ring (bicyclic) bond motifs is 1. The Morgan fingerprint density at radius 2 is 1.93 bits per heavy atom. The van der Waals surface area contributed by atoms with Crippen LogP contribution in [0.4, 0.5) is 5.69 Å². The number of rotatable bonds is 4. The summed E-state index contributed by atoms with van der Waals surface area (Å²) in [6.45, 7) is 3.60. The van der Waals surface area contributed by atoms with E-state index in [4.69, 9.17) is 4.74 Å². The third-order valence-corrected chi connectivity index (χ3v) is 8.05. The highest BCUT2D eigenvalue weighted by molar-refractivity contribution is 7.89. The Kier molecular flexibility index (Phi) is 5.29. The third kappa shape index (κ3) is 3.73. The second-order valence-electron chi connectivity index (χ2n) is 8.13. The average Bonchev–Trinajstić information content (AvgIpc) is 3.34. The molecule has 0 bridgehead atoms. The average molecular weight is 422 g/mol. The van der Waals surface area contributed by atoms with Gasteiger partial charge in [0.25, 0.3) is 5.91 Å². The van der Waals surface area contributed by atoms with Gasteiger partial charge in [-0.3, -0.25) is 9.59 Å². The molecule has 8 nitrogen and oxygen atoms in total. The summed E-state index contributed by atoms with van der Waals surface area (Å²) in [7, 11) is -3.88. The van der Waals surface area contributed by atoms with Gasteiger partial charge in [-0.05, 0) is 51.2 Å². The number of ether oxygens (including phenoxy) is 1. The van der Waals surface area contributed by atoms with E-state index < -0.39 is 22.2 Å². The molecule has 2 aliphatic heterocycles. The van der Waals surface area contributed by atoms with Crippen molar-refractivity contribution in [2.24, 2.45) is 0 Å². The van der Waals surface area contributed by atoms with Gasteiger partial charge in [0.15, 0.2) is 6.10 Å². The van der Waals surface area contributed by atoms with Gasteiger partial charge in [-0.25, -0.2) is 8.42 Å². The number of anilines is 1. The molecular formula is C20H27N3O5S. The minimum absolute atomic E-state index is 0.111. The van der Waals surface area contributed by atoms with E-state index in [1.807, 2.05) is 0 Å². The molecule has 0 unspecified atom stereocenters. The number of hydrogen-bond acceptors (Lipinski definition) is 5. The molecule has 1 saturated carbocycles. The number of carbonyl (C=O) groups excluding carboxylic acids is 2. The lowest BCUT2D eigenvalue weighted by atomic mass is 10.1. The zero-order valence-corrected chi connectivity index (χ0v) is 17.5. The lowest BCUT2D eigenvalue weighted by molar-refractivity contribution is -0.125. The number of sulfonamides is 1. The lowest BCUT2D eigenvalue weighted by Gasteiger charge is -2.28. The summed E-state index contributed by atoms with van der Waals surface area (Å²) in [5.74, 6) is -0.145. The Morgan fingerprint density at radius 3 is 2.66 bits per heavy atom. The predicted octanol–water partition coefficient (Wildman–Crippen LogP) is 1.93. The Labute approximate surface area is 171 Å². The van der Waals surface area contributed by atoms with Crippen LogP contribution in [0.15, 0.2) is 17.0 Å². The summed E-state index contributed by atoms with van der Waals surface area (Å²) in [6.07, 6.45) is 4.58. The smallest absolute Gasteiger partial charge is 0.265 e. The Balaban J connectivity index is 1.61. The van der Waals surface area contributed by atoms with Gasteiger partial charge in [-0.2, -0.15) is 4.31 Å². The molecule has 2 heterocycles. The monoisotopic (exact) mass is 421 g/mol. The summed E-state index contributed by atoms with van der Waals surface area (Å²) in [5.41, 5.74) is 0.963. The van der Waals surface area contributed by atoms with Crippen molar-refractivity contribution in [1.29, 1.82) is 0 Å². The van der Waals surface area contributed by atoms with E-state index in [-0.39, 0.29) is 22.8 Å². The van der Waals surface area contributed by atoms with E-state index in [1.54, 1.807) is 19.9 Å². The molecule has 4 rings (SSSR count). The number of benzene rings is 1. The van der Waals surface area contributed by atoms with Gasteiger partial charge < -0.3 is 15.4 Å². The SMILES string of the molecule is Cc1cc2c(cc1S(=O)(=O)N1CCC[C@H]1C(=O)NC1CCCC1)O[C@@H](C)C(=O)N2. The van der Waals surface area contributed by atoms with E-state index in [0.717, 1.165) is 25.7 Å². The fraction of sp³-hybridized carbons (Fsp3) is 0.600. The van der Waals surface area contributed by atoms with E-state index in [2.05, 4.69) is 10.6 Å². The molecule has 1 saturated heterocycles. The van der Waals surface area contributed by atoms with Gasteiger partial charge in [0, 0.05) is 18.7 Å². The van der Waals surface area contributed by atoms with Crippen LogP contribution in [-0.4, -0.2) is 49.3 Å². The van der Waals surface area contributed by atoms with Crippen molar-refractivity contribution in [2.45, 2.75) is 75.5 Å². The van der Waals surface area contributed by atoms with Crippen molar-refractivity contribution in [2.75, 3.05) is 11.9 Å². The van der Waals surface area contributed by atoms with Gasteiger partial charge in [0.1, 0.15) is 11.8 Å². The van der Waals surface area contributed by atoms with Crippen LogP contribution in [0.25, 0.3) is 0 Å².